The summed E-state index contributed by atoms with van der Waals surface area (Å²) >= 11 is 0. The van der Waals surface area contributed by atoms with Gasteiger partial charge in [0.1, 0.15) is 11.4 Å². The summed E-state index contributed by atoms with van der Waals surface area (Å²) in [5, 5.41) is 5.97. The van der Waals surface area contributed by atoms with Gasteiger partial charge >= 0.3 is 6.09 Å². The SMILES string of the molecule is CC(C)(C)OC(=O)NCCCNc1ccc(C(C)(C)C)cn1. The Kier molecular flexibility index (Phi) is 6.21. The van der Waals surface area contributed by atoms with Crippen LogP contribution < -0.4 is 10.6 Å². The van der Waals surface area contributed by atoms with Crippen LogP contribution in [0.5, 0.6) is 0 Å². The van der Waals surface area contributed by atoms with Crippen LogP contribution in [0, 0.1) is 0 Å². The van der Waals surface area contributed by atoms with E-state index in [1.54, 1.807) is 0 Å². The van der Waals surface area contributed by atoms with Gasteiger partial charge in [-0.1, -0.05) is 26.8 Å². The standard InChI is InChI=1S/C17H29N3O2/c1-16(2,3)13-8-9-14(20-12-13)18-10-7-11-19-15(21)22-17(4,5)6/h8-9,12H,7,10-11H2,1-6H3,(H,18,20)(H,19,21). The highest BCUT2D eigenvalue weighted by Crippen LogP contribution is 2.21. The van der Waals surface area contributed by atoms with E-state index in [2.05, 4.69) is 42.5 Å². The third-order valence-corrected chi connectivity index (χ3v) is 2.96. The van der Waals surface area contributed by atoms with Crippen molar-refractivity contribution < 1.29 is 9.53 Å². The topological polar surface area (TPSA) is 63.2 Å². The van der Waals surface area contributed by atoms with E-state index in [9.17, 15) is 4.79 Å². The average molecular weight is 307 g/mol. The highest BCUT2D eigenvalue weighted by Gasteiger charge is 2.15. The first-order valence-corrected chi connectivity index (χ1v) is 7.75. The highest BCUT2D eigenvalue weighted by atomic mass is 16.6. The van der Waals surface area contributed by atoms with E-state index in [4.69, 9.17) is 4.74 Å². The fourth-order valence-electron chi connectivity index (χ4n) is 1.75. The number of nitrogens with one attached hydrogen (secondary N) is 2. The molecule has 0 aromatic carbocycles. The molecular formula is C17H29N3O2. The number of aromatic nitrogens is 1. The Morgan fingerprint density at radius 3 is 2.32 bits per heavy atom. The van der Waals surface area contributed by atoms with Gasteiger partial charge in [0.15, 0.2) is 0 Å². The molecule has 0 radical (unpaired) electrons. The fraction of sp³-hybridized carbons (Fsp3) is 0.647. The van der Waals surface area contributed by atoms with E-state index >= 15 is 0 Å². The Morgan fingerprint density at radius 2 is 1.82 bits per heavy atom. The van der Waals surface area contributed by atoms with Gasteiger partial charge in [0, 0.05) is 19.3 Å². The highest BCUT2D eigenvalue weighted by molar-refractivity contribution is 5.67. The Morgan fingerprint density at radius 1 is 1.14 bits per heavy atom. The van der Waals surface area contributed by atoms with E-state index < -0.39 is 5.60 Å². The van der Waals surface area contributed by atoms with Crippen LogP contribution in [0.4, 0.5) is 10.6 Å². The molecule has 1 aromatic heterocycles. The molecule has 0 fully saturated rings. The lowest BCUT2D eigenvalue weighted by Crippen LogP contribution is -2.33. The van der Waals surface area contributed by atoms with Crippen LogP contribution in [-0.4, -0.2) is 29.8 Å². The number of pyridine rings is 1. The van der Waals surface area contributed by atoms with Crippen LogP contribution in [0.2, 0.25) is 0 Å². The number of carbonyl (C=O) groups is 1. The number of rotatable bonds is 5. The molecule has 22 heavy (non-hydrogen) atoms. The molecule has 1 rings (SSSR count). The minimum atomic E-state index is -0.457. The lowest BCUT2D eigenvalue weighted by atomic mass is 9.88. The minimum Gasteiger partial charge on any atom is -0.444 e. The quantitative estimate of drug-likeness (QED) is 0.814. The first-order valence-electron chi connectivity index (χ1n) is 7.75. The fourth-order valence-corrected chi connectivity index (χ4v) is 1.75. The van der Waals surface area contributed by atoms with Gasteiger partial charge in [-0.2, -0.15) is 0 Å². The Hall–Kier alpha value is -1.78. The van der Waals surface area contributed by atoms with Crippen molar-refractivity contribution in [3.8, 4) is 0 Å². The molecule has 0 saturated heterocycles. The predicted molar refractivity (Wildman–Crippen MR) is 90.3 cm³/mol. The summed E-state index contributed by atoms with van der Waals surface area (Å²) in [6.07, 6.45) is 2.34. The van der Waals surface area contributed by atoms with Crippen molar-refractivity contribution >= 4 is 11.9 Å². The van der Waals surface area contributed by atoms with Crippen molar-refractivity contribution in [1.29, 1.82) is 0 Å². The number of carbonyl (C=O) groups excluding carboxylic acids is 1. The van der Waals surface area contributed by atoms with Crippen LogP contribution in [-0.2, 0) is 10.2 Å². The lowest BCUT2D eigenvalue weighted by molar-refractivity contribution is 0.0528. The summed E-state index contributed by atoms with van der Waals surface area (Å²) in [4.78, 5) is 15.9. The molecule has 0 saturated carbocycles. The van der Waals surface area contributed by atoms with Crippen molar-refractivity contribution in [3.63, 3.8) is 0 Å². The Bertz CT molecular complexity index is 470. The number of alkyl carbamates (subject to hydrolysis) is 1. The number of anilines is 1. The zero-order valence-corrected chi connectivity index (χ0v) is 14.6. The molecule has 0 unspecified atom stereocenters. The molecular weight excluding hydrogens is 278 g/mol. The maximum absolute atomic E-state index is 11.5. The molecule has 0 spiro atoms. The summed E-state index contributed by atoms with van der Waals surface area (Å²) in [5.41, 5.74) is 0.869. The molecule has 1 aromatic rings. The molecule has 0 aliphatic rings. The van der Waals surface area contributed by atoms with Gasteiger partial charge in [0.05, 0.1) is 0 Å². The minimum absolute atomic E-state index is 0.114. The van der Waals surface area contributed by atoms with Crippen LogP contribution >= 0.6 is 0 Å². The van der Waals surface area contributed by atoms with Gasteiger partial charge < -0.3 is 15.4 Å². The van der Waals surface area contributed by atoms with Gasteiger partial charge in [0.2, 0.25) is 0 Å². The van der Waals surface area contributed by atoms with Gasteiger partial charge in [0.25, 0.3) is 0 Å². The molecule has 5 heteroatoms. The summed E-state index contributed by atoms with van der Waals surface area (Å²) in [7, 11) is 0. The molecule has 0 bridgehead atoms. The second kappa shape index (κ2) is 7.47. The van der Waals surface area contributed by atoms with E-state index in [1.165, 1.54) is 5.56 Å². The molecule has 0 aliphatic heterocycles. The van der Waals surface area contributed by atoms with E-state index in [-0.39, 0.29) is 11.5 Å². The van der Waals surface area contributed by atoms with Crippen LogP contribution in [0.3, 0.4) is 0 Å². The summed E-state index contributed by atoms with van der Waals surface area (Å²) < 4.78 is 5.16. The van der Waals surface area contributed by atoms with Crippen molar-refractivity contribution in [3.05, 3.63) is 23.9 Å². The predicted octanol–water partition coefficient (Wildman–Crippen LogP) is 3.71. The van der Waals surface area contributed by atoms with Crippen LogP contribution in [0.1, 0.15) is 53.5 Å². The normalized spacial score (nSPS) is 11.9. The summed E-state index contributed by atoms with van der Waals surface area (Å²) in [6.45, 7) is 13.4. The van der Waals surface area contributed by atoms with Gasteiger partial charge in [-0.15, -0.1) is 0 Å². The van der Waals surface area contributed by atoms with Crippen molar-refractivity contribution in [2.45, 2.75) is 59.0 Å². The summed E-state index contributed by atoms with van der Waals surface area (Å²) in [6, 6.07) is 4.08. The van der Waals surface area contributed by atoms with Gasteiger partial charge in [-0.05, 0) is 44.2 Å². The van der Waals surface area contributed by atoms with Gasteiger partial charge in [-0.25, -0.2) is 9.78 Å². The van der Waals surface area contributed by atoms with E-state index in [0.717, 1.165) is 18.8 Å². The first-order chi connectivity index (χ1) is 10.1. The average Bonchev–Trinajstić information content (AvgIpc) is 2.35. The summed E-state index contributed by atoms with van der Waals surface area (Å²) in [5.74, 6) is 0.852. The second-order valence-electron chi connectivity index (χ2n) is 7.39. The smallest absolute Gasteiger partial charge is 0.407 e. The van der Waals surface area contributed by atoms with E-state index in [1.807, 2.05) is 33.0 Å². The maximum atomic E-state index is 11.5. The Balaban J connectivity index is 2.24. The maximum Gasteiger partial charge on any atom is 0.407 e. The first kappa shape index (κ1) is 18.3. The Labute approximate surface area is 133 Å². The lowest BCUT2D eigenvalue weighted by Gasteiger charge is -2.19. The molecule has 0 aliphatic carbocycles. The van der Waals surface area contributed by atoms with Crippen LogP contribution in [0.15, 0.2) is 18.3 Å². The van der Waals surface area contributed by atoms with E-state index in [0.29, 0.717) is 6.54 Å². The van der Waals surface area contributed by atoms with Crippen molar-refractivity contribution in [2.24, 2.45) is 0 Å². The largest absolute Gasteiger partial charge is 0.444 e. The van der Waals surface area contributed by atoms with Crippen molar-refractivity contribution in [2.75, 3.05) is 18.4 Å². The zero-order valence-electron chi connectivity index (χ0n) is 14.6. The molecule has 124 valence electrons. The number of ether oxygens (including phenoxy) is 1. The molecule has 2 N–H and O–H groups in total. The number of nitrogens with zero attached hydrogens (tertiary/aromatic N) is 1. The van der Waals surface area contributed by atoms with Crippen molar-refractivity contribution in [1.82, 2.24) is 10.3 Å². The van der Waals surface area contributed by atoms with Crippen LogP contribution in [0.25, 0.3) is 0 Å². The molecule has 1 heterocycles. The number of amides is 1. The number of hydrogen-bond donors (Lipinski definition) is 2. The zero-order chi connectivity index (χ0) is 16.8. The third-order valence-electron chi connectivity index (χ3n) is 2.96. The number of hydrogen-bond acceptors (Lipinski definition) is 4. The molecule has 5 nitrogen and oxygen atoms in total. The molecule has 0 atom stereocenters. The third kappa shape index (κ3) is 7.29. The second-order valence-corrected chi connectivity index (χ2v) is 7.39. The molecule has 1 amide bonds. The van der Waals surface area contributed by atoms with Gasteiger partial charge in [-0.3, -0.25) is 0 Å². The monoisotopic (exact) mass is 307 g/mol.